The van der Waals surface area contributed by atoms with Gasteiger partial charge >= 0.3 is 6.09 Å². The van der Waals surface area contributed by atoms with Crippen molar-refractivity contribution in [3.63, 3.8) is 0 Å². The minimum absolute atomic E-state index is 0.0497. The molecule has 0 unspecified atom stereocenters. The Morgan fingerprint density at radius 2 is 2.10 bits per heavy atom. The first-order valence-electron chi connectivity index (χ1n) is 7.71. The molecule has 122 valence electrons. The first-order valence-corrected chi connectivity index (χ1v) is 7.71. The molecule has 0 aromatic heterocycles. The van der Waals surface area contributed by atoms with E-state index in [-0.39, 0.29) is 49.5 Å². The fourth-order valence-electron chi connectivity index (χ4n) is 3.97. The van der Waals surface area contributed by atoms with E-state index in [2.05, 4.69) is 0 Å². The van der Waals surface area contributed by atoms with Crippen molar-refractivity contribution in [2.75, 3.05) is 27.6 Å². The molecule has 0 spiro atoms. The Morgan fingerprint density at radius 3 is 2.71 bits per heavy atom. The summed E-state index contributed by atoms with van der Waals surface area (Å²) in [6, 6.07) is 0.0898. The molecule has 0 bridgehead atoms. The van der Waals surface area contributed by atoms with Crippen LogP contribution in [0.25, 0.3) is 0 Å². The smallest absolute Gasteiger partial charge is 0.410 e. The monoisotopic (exact) mass is 301 g/mol. The van der Waals surface area contributed by atoms with Gasteiger partial charge in [-0.1, -0.05) is 6.42 Å². The summed E-state index contributed by atoms with van der Waals surface area (Å²) in [5.41, 5.74) is 0. The lowest BCUT2D eigenvalue weighted by atomic mass is 9.69. The molecule has 5 atom stereocenters. The van der Waals surface area contributed by atoms with Crippen LogP contribution in [-0.2, 0) is 14.2 Å². The number of aliphatic hydroxyl groups is 1. The molecule has 1 N–H and O–H groups in total. The van der Waals surface area contributed by atoms with E-state index in [0.717, 1.165) is 25.7 Å². The van der Waals surface area contributed by atoms with E-state index in [1.165, 1.54) is 7.11 Å². The van der Waals surface area contributed by atoms with E-state index in [4.69, 9.17) is 14.2 Å². The van der Waals surface area contributed by atoms with Crippen molar-refractivity contribution in [1.29, 1.82) is 0 Å². The summed E-state index contributed by atoms with van der Waals surface area (Å²) in [5.74, 6) is 0.498. The molecular weight excluding hydrogens is 274 g/mol. The van der Waals surface area contributed by atoms with Crippen LogP contribution in [0.5, 0.6) is 0 Å². The van der Waals surface area contributed by atoms with Crippen molar-refractivity contribution >= 4 is 6.09 Å². The molecular formula is C15H27NO5. The summed E-state index contributed by atoms with van der Waals surface area (Å²) in [7, 11) is 3.00. The molecule has 0 aromatic carbocycles. The molecule has 6 nitrogen and oxygen atoms in total. The predicted octanol–water partition coefficient (Wildman–Crippen LogP) is 1.61. The lowest BCUT2D eigenvalue weighted by Gasteiger charge is -2.52. The maximum Gasteiger partial charge on any atom is 0.410 e. The number of hydrogen-bond donors (Lipinski definition) is 1. The zero-order valence-electron chi connectivity index (χ0n) is 13.2. The summed E-state index contributed by atoms with van der Waals surface area (Å²) in [4.78, 5) is 14.0. The number of aliphatic hydroxyl groups excluding tert-OH is 1. The Kier molecular flexibility index (Phi) is 5.84. The number of methoxy groups -OCH3 is 2. The Hall–Kier alpha value is -0.850. The van der Waals surface area contributed by atoms with Crippen LogP contribution in [0.15, 0.2) is 0 Å². The Labute approximate surface area is 126 Å². The number of piperidine rings is 1. The van der Waals surface area contributed by atoms with Gasteiger partial charge in [-0.05, 0) is 38.0 Å². The van der Waals surface area contributed by atoms with Gasteiger partial charge in [-0.3, -0.25) is 4.90 Å². The van der Waals surface area contributed by atoms with Crippen LogP contribution in [0.1, 0.15) is 32.6 Å². The fourth-order valence-corrected chi connectivity index (χ4v) is 3.97. The molecule has 0 aromatic rings. The summed E-state index contributed by atoms with van der Waals surface area (Å²) in [6.45, 7) is 2.38. The molecule has 21 heavy (non-hydrogen) atoms. The SMILES string of the molecule is COCO[C@H]1C[C@H]2[C@H](CO)CCC[C@H]2N(C(=O)OC)[C@H]1C. The van der Waals surface area contributed by atoms with Gasteiger partial charge in [0.2, 0.25) is 0 Å². The van der Waals surface area contributed by atoms with E-state index < -0.39 is 0 Å². The molecule has 1 aliphatic carbocycles. The second-order valence-electron chi connectivity index (χ2n) is 6.07. The largest absolute Gasteiger partial charge is 0.453 e. The highest BCUT2D eigenvalue weighted by Gasteiger charge is 2.48. The van der Waals surface area contributed by atoms with E-state index in [1.54, 1.807) is 7.11 Å². The Morgan fingerprint density at radius 1 is 1.33 bits per heavy atom. The third-order valence-corrected chi connectivity index (χ3v) is 5.03. The van der Waals surface area contributed by atoms with Crippen LogP contribution in [-0.4, -0.2) is 61.9 Å². The second-order valence-corrected chi connectivity index (χ2v) is 6.07. The summed E-state index contributed by atoms with van der Waals surface area (Å²) >= 11 is 0. The zero-order valence-corrected chi connectivity index (χ0v) is 13.2. The molecule has 1 heterocycles. The molecule has 1 aliphatic heterocycles. The normalized spacial score (nSPS) is 36.2. The van der Waals surface area contributed by atoms with Crippen molar-refractivity contribution < 1.29 is 24.1 Å². The molecule has 1 saturated heterocycles. The van der Waals surface area contributed by atoms with Gasteiger partial charge in [0.1, 0.15) is 6.79 Å². The Bertz CT molecular complexity index is 351. The molecule has 1 amide bonds. The molecule has 2 fully saturated rings. The quantitative estimate of drug-likeness (QED) is 0.799. The number of amides is 1. The van der Waals surface area contributed by atoms with E-state index in [1.807, 2.05) is 11.8 Å². The third-order valence-electron chi connectivity index (χ3n) is 5.03. The number of ether oxygens (including phenoxy) is 3. The first-order chi connectivity index (χ1) is 10.1. The predicted molar refractivity (Wildman–Crippen MR) is 76.8 cm³/mol. The van der Waals surface area contributed by atoms with E-state index in [0.29, 0.717) is 0 Å². The molecule has 1 saturated carbocycles. The molecule has 2 rings (SSSR count). The maximum atomic E-state index is 12.2. The first kappa shape index (κ1) is 16.5. The number of likely N-dealkylation sites (tertiary alicyclic amines) is 1. The highest BCUT2D eigenvalue weighted by atomic mass is 16.7. The number of nitrogens with zero attached hydrogens (tertiary/aromatic N) is 1. The summed E-state index contributed by atoms with van der Waals surface area (Å²) < 4.78 is 15.7. The maximum absolute atomic E-state index is 12.2. The summed E-state index contributed by atoms with van der Waals surface area (Å²) in [6.07, 6.45) is 3.49. The number of hydrogen-bond acceptors (Lipinski definition) is 5. The van der Waals surface area contributed by atoms with Crippen molar-refractivity contribution in [1.82, 2.24) is 4.90 Å². The number of rotatable bonds is 4. The van der Waals surface area contributed by atoms with Crippen molar-refractivity contribution in [3.8, 4) is 0 Å². The van der Waals surface area contributed by atoms with Gasteiger partial charge in [0.25, 0.3) is 0 Å². The standard InChI is InChI=1S/C15H27NO5/c1-10-14(21-9-19-2)7-12-11(8-17)5-4-6-13(12)16(10)15(18)20-3/h10-14,17H,4-9H2,1-3H3/t10-,11-,12-,13+,14-/m0/s1. The molecule has 0 radical (unpaired) electrons. The van der Waals surface area contributed by atoms with E-state index in [9.17, 15) is 9.90 Å². The fraction of sp³-hybridized carbons (Fsp3) is 0.933. The molecule has 6 heteroatoms. The van der Waals surface area contributed by atoms with Gasteiger partial charge in [0.15, 0.2) is 0 Å². The van der Waals surface area contributed by atoms with Gasteiger partial charge < -0.3 is 19.3 Å². The number of carbonyl (C=O) groups is 1. The third kappa shape index (κ3) is 3.33. The highest BCUT2D eigenvalue weighted by molar-refractivity contribution is 5.68. The van der Waals surface area contributed by atoms with Gasteiger partial charge in [-0.25, -0.2) is 4.79 Å². The second kappa shape index (κ2) is 7.42. The van der Waals surface area contributed by atoms with Crippen LogP contribution in [0, 0.1) is 11.8 Å². The van der Waals surface area contributed by atoms with Crippen LogP contribution in [0.4, 0.5) is 4.79 Å². The lowest BCUT2D eigenvalue weighted by molar-refractivity contribution is -0.141. The minimum atomic E-state index is -0.304. The average molecular weight is 301 g/mol. The molecule has 2 aliphatic rings. The van der Waals surface area contributed by atoms with Gasteiger partial charge in [0.05, 0.1) is 19.3 Å². The zero-order chi connectivity index (χ0) is 15.4. The van der Waals surface area contributed by atoms with Gasteiger partial charge in [0, 0.05) is 19.8 Å². The van der Waals surface area contributed by atoms with Crippen molar-refractivity contribution in [3.05, 3.63) is 0 Å². The highest BCUT2D eigenvalue weighted by Crippen LogP contribution is 2.42. The summed E-state index contributed by atoms with van der Waals surface area (Å²) in [5, 5.41) is 9.64. The Balaban J connectivity index is 2.21. The topological polar surface area (TPSA) is 68.2 Å². The average Bonchev–Trinajstić information content (AvgIpc) is 2.51. The van der Waals surface area contributed by atoms with E-state index >= 15 is 0 Å². The van der Waals surface area contributed by atoms with Gasteiger partial charge in [-0.15, -0.1) is 0 Å². The van der Waals surface area contributed by atoms with Crippen LogP contribution in [0.2, 0.25) is 0 Å². The lowest BCUT2D eigenvalue weighted by Crippen LogP contribution is -2.61. The van der Waals surface area contributed by atoms with Crippen LogP contribution in [0.3, 0.4) is 0 Å². The number of carbonyl (C=O) groups excluding carboxylic acids is 1. The minimum Gasteiger partial charge on any atom is -0.453 e. The van der Waals surface area contributed by atoms with Crippen molar-refractivity contribution in [2.24, 2.45) is 11.8 Å². The van der Waals surface area contributed by atoms with Crippen LogP contribution >= 0.6 is 0 Å². The van der Waals surface area contributed by atoms with Crippen molar-refractivity contribution in [2.45, 2.75) is 50.8 Å². The van der Waals surface area contributed by atoms with Gasteiger partial charge in [-0.2, -0.15) is 0 Å². The van der Waals surface area contributed by atoms with Crippen LogP contribution < -0.4 is 0 Å². The number of fused-ring (bicyclic) bond motifs is 1.